The van der Waals surface area contributed by atoms with Gasteiger partial charge in [0.15, 0.2) is 16.9 Å². The average Bonchev–Trinajstić information content (AvgIpc) is 3.56. The first-order valence-electron chi connectivity index (χ1n) is 13.5. The van der Waals surface area contributed by atoms with Crippen molar-refractivity contribution in [3.63, 3.8) is 0 Å². The van der Waals surface area contributed by atoms with E-state index in [2.05, 4.69) is 0 Å². The highest BCUT2D eigenvalue weighted by atomic mass is 16.7. The van der Waals surface area contributed by atoms with Crippen LogP contribution in [-0.2, 0) is 13.2 Å². The van der Waals surface area contributed by atoms with Crippen molar-refractivity contribution < 1.29 is 23.4 Å². The Morgan fingerprint density at radius 3 is 2.39 bits per heavy atom. The van der Waals surface area contributed by atoms with E-state index in [0.717, 1.165) is 27.8 Å². The summed E-state index contributed by atoms with van der Waals surface area (Å²) in [5, 5.41) is 0.470. The van der Waals surface area contributed by atoms with Gasteiger partial charge in [0.1, 0.15) is 17.9 Å². The molecule has 5 aromatic rings. The van der Waals surface area contributed by atoms with Gasteiger partial charge in [0.05, 0.1) is 17.0 Å². The zero-order valence-corrected chi connectivity index (χ0v) is 22.7. The number of benzene rings is 4. The van der Waals surface area contributed by atoms with Gasteiger partial charge in [-0.3, -0.25) is 9.59 Å². The summed E-state index contributed by atoms with van der Waals surface area (Å²) in [6, 6.07) is 26.1. The van der Waals surface area contributed by atoms with E-state index >= 15 is 0 Å². The normalized spacial score (nSPS) is 15.4. The van der Waals surface area contributed by atoms with E-state index in [9.17, 15) is 9.59 Å². The molecule has 1 amide bonds. The molecule has 0 aliphatic carbocycles. The lowest BCUT2D eigenvalue weighted by Crippen LogP contribution is -2.29. The fourth-order valence-electron chi connectivity index (χ4n) is 5.51. The van der Waals surface area contributed by atoms with Crippen LogP contribution in [0.25, 0.3) is 11.0 Å². The van der Waals surface area contributed by atoms with Gasteiger partial charge in [-0.1, -0.05) is 48.5 Å². The molecule has 0 fully saturated rings. The average molecular weight is 546 g/mol. The van der Waals surface area contributed by atoms with E-state index < -0.39 is 6.04 Å². The van der Waals surface area contributed by atoms with Crippen LogP contribution in [0.1, 0.15) is 50.0 Å². The summed E-state index contributed by atoms with van der Waals surface area (Å²) in [4.78, 5) is 29.6. The zero-order valence-electron chi connectivity index (χ0n) is 22.7. The van der Waals surface area contributed by atoms with Crippen molar-refractivity contribution in [3.05, 3.63) is 134 Å². The molecule has 41 heavy (non-hydrogen) atoms. The van der Waals surface area contributed by atoms with Crippen LogP contribution in [0.3, 0.4) is 0 Å². The van der Waals surface area contributed by atoms with Gasteiger partial charge in [-0.15, -0.1) is 0 Å². The minimum atomic E-state index is -0.631. The van der Waals surface area contributed by atoms with E-state index in [1.165, 1.54) is 0 Å². The number of carbonyl (C=O) groups is 1. The molecule has 7 nitrogen and oxygen atoms in total. The first kappa shape index (κ1) is 25.0. The van der Waals surface area contributed by atoms with Crippen molar-refractivity contribution in [2.45, 2.75) is 33.0 Å². The highest BCUT2D eigenvalue weighted by molar-refractivity contribution is 5.99. The molecule has 7 heteroatoms. The molecule has 0 N–H and O–H groups in total. The highest BCUT2D eigenvalue weighted by Crippen LogP contribution is 2.41. The zero-order chi connectivity index (χ0) is 28.1. The lowest BCUT2D eigenvalue weighted by atomic mass is 9.97. The molecule has 0 saturated heterocycles. The highest BCUT2D eigenvalue weighted by Gasteiger charge is 2.43. The van der Waals surface area contributed by atoms with E-state index in [-0.39, 0.29) is 30.4 Å². The summed E-state index contributed by atoms with van der Waals surface area (Å²) in [7, 11) is 0. The van der Waals surface area contributed by atoms with Gasteiger partial charge in [0.25, 0.3) is 5.91 Å². The van der Waals surface area contributed by atoms with E-state index in [1.54, 1.807) is 4.90 Å². The summed E-state index contributed by atoms with van der Waals surface area (Å²) < 4.78 is 23.2. The molecule has 2 aliphatic rings. The lowest BCUT2D eigenvalue weighted by Gasteiger charge is -2.25. The Bertz CT molecular complexity index is 1860. The third-order valence-electron chi connectivity index (χ3n) is 7.82. The molecule has 204 valence electrons. The van der Waals surface area contributed by atoms with Crippen LogP contribution in [0, 0.1) is 13.8 Å². The Kier molecular flexibility index (Phi) is 6.00. The number of aryl methyl sites for hydroxylation is 2. The number of fused-ring (bicyclic) bond motifs is 3. The van der Waals surface area contributed by atoms with Gasteiger partial charge >= 0.3 is 0 Å². The maximum atomic E-state index is 14.0. The number of amides is 1. The van der Waals surface area contributed by atoms with E-state index in [0.29, 0.717) is 40.4 Å². The molecule has 0 spiro atoms. The van der Waals surface area contributed by atoms with Crippen LogP contribution in [0.5, 0.6) is 17.2 Å². The molecule has 1 aromatic heterocycles. The summed E-state index contributed by atoms with van der Waals surface area (Å²) in [5.41, 5.74) is 5.26. The van der Waals surface area contributed by atoms with Gasteiger partial charge in [0.2, 0.25) is 12.6 Å². The Balaban J connectivity index is 1.29. The molecule has 0 radical (unpaired) electrons. The molecule has 7 rings (SSSR count). The van der Waals surface area contributed by atoms with Crippen molar-refractivity contribution in [3.8, 4) is 17.2 Å². The summed E-state index contributed by atoms with van der Waals surface area (Å²) in [5.74, 6) is 1.75. The van der Waals surface area contributed by atoms with Gasteiger partial charge in [-0.25, -0.2) is 0 Å². The summed E-state index contributed by atoms with van der Waals surface area (Å²) in [6.45, 7) is 4.78. The monoisotopic (exact) mass is 545 g/mol. The van der Waals surface area contributed by atoms with Crippen molar-refractivity contribution >= 4 is 16.9 Å². The number of ether oxygens (including phenoxy) is 3. The van der Waals surface area contributed by atoms with Crippen LogP contribution >= 0.6 is 0 Å². The fraction of sp³-hybridized carbons (Fsp3) is 0.176. The first-order valence-corrected chi connectivity index (χ1v) is 13.5. The second-order valence-electron chi connectivity index (χ2n) is 10.5. The second kappa shape index (κ2) is 9.86. The number of nitrogens with zero attached hydrogens (tertiary/aromatic N) is 1. The maximum Gasteiger partial charge on any atom is 0.291 e. The van der Waals surface area contributed by atoms with Crippen LogP contribution in [0.4, 0.5) is 0 Å². The molecule has 1 unspecified atom stereocenters. The van der Waals surface area contributed by atoms with Crippen molar-refractivity contribution in [2.24, 2.45) is 0 Å². The predicted molar refractivity (Wildman–Crippen MR) is 153 cm³/mol. The Morgan fingerprint density at radius 1 is 0.829 bits per heavy atom. The van der Waals surface area contributed by atoms with Crippen LogP contribution in [-0.4, -0.2) is 17.6 Å². The molecule has 1 atom stereocenters. The standard InChI is InChI=1S/C34H27NO6/c1-20-14-26-28(15-21(20)2)41-33-30(32(26)36)31(24-9-11-25(12-10-24)38-18-22-6-4-3-5-7-22)35(34(33)37)17-23-8-13-27-29(16-23)40-19-39-27/h3-16,31H,17-19H2,1-2H3. The number of carbonyl (C=O) groups excluding carboxylic acids is 1. The molecular weight excluding hydrogens is 518 g/mol. The minimum Gasteiger partial charge on any atom is -0.489 e. The van der Waals surface area contributed by atoms with Crippen molar-refractivity contribution in [2.75, 3.05) is 6.79 Å². The Morgan fingerprint density at radius 2 is 1.59 bits per heavy atom. The topological polar surface area (TPSA) is 78.2 Å². The molecule has 0 bridgehead atoms. The smallest absolute Gasteiger partial charge is 0.291 e. The maximum absolute atomic E-state index is 14.0. The fourth-order valence-corrected chi connectivity index (χ4v) is 5.51. The molecular formula is C34H27NO6. The quantitative estimate of drug-likeness (QED) is 0.244. The summed E-state index contributed by atoms with van der Waals surface area (Å²) >= 11 is 0. The lowest BCUT2D eigenvalue weighted by molar-refractivity contribution is 0.0714. The molecule has 4 aromatic carbocycles. The molecule has 2 aliphatic heterocycles. The predicted octanol–water partition coefficient (Wildman–Crippen LogP) is 6.46. The van der Waals surface area contributed by atoms with E-state index in [1.807, 2.05) is 98.8 Å². The van der Waals surface area contributed by atoms with Crippen LogP contribution < -0.4 is 19.6 Å². The molecule has 0 saturated carbocycles. The van der Waals surface area contributed by atoms with Crippen LogP contribution in [0.2, 0.25) is 0 Å². The number of hydrogen-bond acceptors (Lipinski definition) is 6. The van der Waals surface area contributed by atoms with Crippen molar-refractivity contribution in [1.29, 1.82) is 0 Å². The second-order valence-corrected chi connectivity index (χ2v) is 10.5. The van der Waals surface area contributed by atoms with Crippen LogP contribution in [0.15, 0.2) is 94.1 Å². The molecule has 3 heterocycles. The van der Waals surface area contributed by atoms with Gasteiger partial charge in [-0.2, -0.15) is 0 Å². The van der Waals surface area contributed by atoms with Gasteiger partial charge in [-0.05, 0) is 78.1 Å². The number of hydrogen-bond donors (Lipinski definition) is 0. The number of rotatable bonds is 6. The third kappa shape index (κ3) is 4.39. The Hall–Kier alpha value is -5.04. The summed E-state index contributed by atoms with van der Waals surface area (Å²) in [6.07, 6.45) is 0. The van der Waals surface area contributed by atoms with Gasteiger partial charge < -0.3 is 23.5 Å². The first-order chi connectivity index (χ1) is 20.0. The third-order valence-corrected chi connectivity index (χ3v) is 7.82. The minimum absolute atomic E-state index is 0.0842. The Labute approximate surface area is 236 Å². The van der Waals surface area contributed by atoms with Crippen molar-refractivity contribution in [1.82, 2.24) is 4.90 Å². The largest absolute Gasteiger partial charge is 0.489 e. The van der Waals surface area contributed by atoms with E-state index in [4.69, 9.17) is 18.6 Å². The SMILES string of the molecule is Cc1cc2oc3c(c(=O)c2cc1C)C(c1ccc(OCc2ccccc2)cc1)N(Cc1ccc2c(c1)OCO2)C3=O. The van der Waals surface area contributed by atoms with Gasteiger partial charge in [0, 0.05) is 6.54 Å².